The molecular formula is C55H38. The van der Waals surface area contributed by atoms with Crippen LogP contribution in [0.4, 0.5) is 0 Å². The summed E-state index contributed by atoms with van der Waals surface area (Å²) >= 11 is 0. The molecule has 0 aliphatic heterocycles. The molecule has 55 heavy (non-hydrogen) atoms. The Hall–Kier alpha value is -6.76. The summed E-state index contributed by atoms with van der Waals surface area (Å²) in [5, 5.41) is 10.3. The van der Waals surface area contributed by atoms with Gasteiger partial charge in [0.2, 0.25) is 0 Å². The van der Waals surface area contributed by atoms with Crippen LogP contribution < -0.4 is 0 Å². The maximum absolute atomic E-state index is 2.44. The van der Waals surface area contributed by atoms with Crippen molar-refractivity contribution in [2.75, 3.05) is 0 Å². The molecule has 0 N–H and O–H groups in total. The first-order valence-electron chi connectivity index (χ1n) is 19.3. The van der Waals surface area contributed by atoms with Crippen molar-refractivity contribution in [2.24, 2.45) is 0 Å². The highest BCUT2D eigenvalue weighted by molar-refractivity contribution is 6.28. The lowest BCUT2D eigenvalue weighted by molar-refractivity contribution is 0.661. The van der Waals surface area contributed by atoms with Gasteiger partial charge in [-0.2, -0.15) is 0 Å². The molecule has 10 aromatic carbocycles. The Morgan fingerprint density at radius 2 is 0.818 bits per heavy atom. The van der Waals surface area contributed by atoms with Crippen molar-refractivity contribution in [2.45, 2.75) is 19.3 Å². The van der Waals surface area contributed by atoms with Gasteiger partial charge in [0.15, 0.2) is 0 Å². The second-order valence-corrected chi connectivity index (χ2v) is 15.6. The van der Waals surface area contributed by atoms with Gasteiger partial charge >= 0.3 is 0 Å². The molecule has 1 aliphatic rings. The van der Waals surface area contributed by atoms with Crippen molar-refractivity contribution < 1.29 is 0 Å². The largest absolute Gasteiger partial charge is 0.0622 e. The first-order chi connectivity index (χ1) is 27.0. The van der Waals surface area contributed by atoms with E-state index in [0.29, 0.717) is 0 Å². The molecule has 10 aromatic rings. The molecule has 258 valence electrons. The Morgan fingerprint density at radius 3 is 1.55 bits per heavy atom. The third kappa shape index (κ3) is 4.85. The fourth-order valence-corrected chi connectivity index (χ4v) is 9.58. The van der Waals surface area contributed by atoms with E-state index in [1.54, 1.807) is 0 Å². The molecule has 0 heteroatoms. The summed E-state index contributed by atoms with van der Waals surface area (Å²) in [6.45, 7) is 4.75. The maximum atomic E-state index is 2.44. The van der Waals surface area contributed by atoms with E-state index in [2.05, 4.69) is 208 Å². The first-order valence-corrected chi connectivity index (χ1v) is 19.3. The first kappa shape index (κ1) is 31.7. The van der Waals surface area contributed by atoms with Crippen molar-refractivity contribution >= 4 is 43.1 Å². The number of benzene rings is 10. The molecule has 0 aromatic heterocycles. The van der Waals surface area contributed by atoms with Crippen LogP contribution in [-0.4, -0.2) is 0 Å². The zero-order valence-electron chi connectivity index (χ0n) is 31.0. The molecule has 0 bridgehead atoms. The normalized spacial score (nSPS) is 13.1. The van der Waals surface area contributed by atoms with E-state index in [9.17, 15) is 0 Å². The highest BCUT2D eigenvalue weighted by atomic mass is 14.4. The van der Waals surface area contributed by atoms with E-state index in [1.165, 1.54) is 110 Å². The van der Waals surface area contributed by atoms with Gasteiger partial charge in [0.1, 0.15) is 0 Å². The van der Waals surface area contributed by atoms with E-state index in [1.807, 2.05) is 0 Å². The van der Waals surface area contributed by atoms with Crippen molar-refractivity contribution in [3.05, 3.63) is 205 Å². The lowest BCUT2D eigenvalue weighted by atomic mass is 9.81. The van der Waals surface area contributed by atoms with E-state index < -0.39 is 0 Å². The Balaban J connectivity index is 1.06. The van der Waals surface area contributed by atoms with Crippen molar-refractivity contribution in [1.82, 2.24) is 0 Å². The summed E-state index contributed by atoms with van der Waals surface area (Å²) in [6, 6.07) is 72.1. The van der Waals surface area contributed by atoms with Crippen molar-refractivity contribution in [3.8, 4) is 55.6 Å². The quantitative estimate of drug-likeness (QED) is 0.127. The standard InChI is InChI=1S/C55H38/c1-55(2)49-31-28-36-15-6-8-22-43(36)53(49)47-29-27-41(34-50(47)55)39-19-12-18-38(32-39)40-20-13-21-42(33-40)51-45-24-10-11-25-46(45)52(37-16-4-3-5-17-37)54-44-23-9-7-14-35(44)26-30-48(51)54/h3-34H,1-2H3. The average molecular weight is 699 g/mol. The molecule has 1 aliphatic carbocycles. The SMILES string of the molecule is CC1(C)c2cc(-c3cccc(-c4cccc(-c5c6ccccc6c(-c6ccccc6)c6c5ccc5ccccc56)c4)c3)ccc2-c2c1ccc1ccccc21. The summed E-state index contributed by atoms with van der Waals surface area (Å²) < 4.78 is 0. The highest BCUT2D eigenvalue weighted by Gasteiger charge is 2.36. The number of fused-ring (bicyclic) bond motifs is 9. The third-order valence-corrected chi connectivity index (χ3v) is 12.2. The molecule has 0 unspecified atom stereocenters. The molecule has 0 saturated carbocycles. The van der Waals surface area contributed by atoms with Crippen LogP contribution in [-0.2, 0) is 5.41 Å². The van der Waals surface area contributed by atoms with Gasteiger partial charge in [-0.1, -0.05) is 190 Å². The molecule has 0 radical (unpaired) electrons. The van der Waals surface area contributed by atoms with E-state index in [0.717, 1.165) is 0 Å². The Bertz CT molecular complexity index is 3160. The smallest absolute Gasteiger partial charge is 0.0159 e. The molecular weight excluding hydrogens is 661 g/mol. The van der Waals surface area contributed by atoms with Crippen molar-refractivity contribution in [3.63, 3.8) is 0 Å². The fourth-order valence-electron chi connectivity index (χ4n) is 9.58. The number of hydrogen-bond acceptors (Lipinski definition) is 0. The van der Waals surface area contributed by atoms with Crippen LogP contribution in [0.3, 0.4) is 0 Å². The van der Waals surface area contributed by atoms with Crippen LogP contribution in [0.5, 0.6) is 0 Å². The van der Waals surface area contributed by atoms with Gasteiger partial charge in [-0.25, -0.2) is 0 Å². The maximum Gasteiger partial charge on any atom is 0.0159 e. The molecule has 0 atom stereocenters. The fraction of sp³-hybridized carbons (Fsp3) is 0.0545. The van der Waals surface area contributed by atoms with Gasteiger partial charge in [-0.15, -0.1) is 0 Å². The molecule has 0 saturated heterocycles. The Morgan fingerprint density at radius 1 is 0.291 bits per heavy atom. The number of rotatable bonds is 4. The predicted octanol–water partition coefficient (Wildman–Crippen LogP) is 15.3. The van der Waals surface area contributed by atoms with Gasteiger partial charge < -0.3 is 0 Å². The van der Waals surface area contributed by atoms with Gasteiger partial charge in [-0.05, 0) is 128 Å². The summed E-state index contributed by atoms with van der Waals surface area (Å²) in [4.78, 5) is 0. The summed E-state index contributed by atoms with van der Waals surface area (Å²) in [7, 11) is 0. The zero-order chi connectivity index (χ0) is 36.7. The third-order valence-electron chi connectivity index (χ3n) is 12.2. The second-order valence-electron chi connectivity index (χ2n) is 15.6. The van der Waals surface area contributed by atoms with E-state index >= 15 is 0 Å². The minimum absolute atomic E-state index is 0.0798. The van der Waals surface area contributed by atoms with Gasteiger partial charge in [0.25, 0.3) is 0 Å². The van der Waals surface area contributed by atoms with Crippen LogP contribution in [0.2, 0.25) is 0 Å². The summed E-state index contributed by atoms with van der Waals surface area (Å²) in [6.07, 6.45) is 0. The summed E-state index contributed by atoms with van der Waals surface area (Å²) in [5.41, 5.74) is 15.4. The second kappa shape index (κ2) is 12.1. The van der Waals surface area contributed by atoms with Crippen LogP contribution in [0.1, 0.15) is 25.0 Å². The van der Waals surface area contributed by atoms with Crippen LogP contribution >= 0.6 is 0 Å². The molecule has 0 amide bonds. The molecule has 0 spiro atoms. The number of hydrogen-bond donors (Lipinski definition) is 0. The van der Waals surface area contributed by atoms with E-state index in [-0.39, 0.29) is 5.41 Å². The van der Waals surface area contributed by atoms with Crippen molar-refractivity contribution in [1.29, 1.82) is 0 Å². The topological polar surface area (TPSA) is 0 Å². The average Bonchev–Trinajstić information content (AvgIpc) is 3.48. The minimum atomic E-state index is -0.0798. The lowest BCUT2D eigenvalue weighted by Gasteiger charge is -2.22. The van der Waals surface area contributed by atoms with E-state index in [4.69, 9.17) is 0 Å². The monoisotopic (exact) mass is 698 g/mol. The Labute approximate surface area is 322 Å². The molecule has 0 nitrogen and oxygen atoms in total. The molecule has 0 heterocycles. The van der Waals surface area contributed by atoms with Gasteiger partial charge in [-0.3, -0.25) is 0 Å². The Kier molecular flexibility index (Phi) is 7.00. The molecule has 0 fully saturated rings. The van der Waals surface area contributed by atoms with Gasteiger partial charge in [0, 0.05) is 5.41 Å². The van der Waals surface area contributed by atoms with Gasteiger partial charge in [0.05, 0.1) is 0 Å². The van der Waals surface area contributed by atoms with Crippen LogP contribution in [0.15, 0.2) is 194 Å². The van der Waals surface area contributed by atoms with Crippen LogP contribution in [0, 0.1) is 0 Å². The highest BCUT2D eigenvalue weighted by Crippen LogP contribution is 2.52. The molecule has 11 rings (SSSR count). The lowest BCUT2D eigenvalue weighted by Crippen LogP contribution is -2.15. The minimum Gasteiger partial charge on any atom is -0.0622 e. The zero-order valence-corrected chi connectivity index (χ0v) is 31.0. The predicted molar refractivity (Wildman–Crippen MR) is 236 cm³/mol. The summed E-state index contributed by atoms with van der Waals surface area (Å²) in [5.74, 6) is 0. The van der Waals surface area contributed by atoms with Crippen LogP contribution in [0.25, 0.3) is 98.7 Å².